The summed E-state index contributed by atoms with van der Waals surface area (Å²) in [4.78, 5) is 14.1. The Kier molecular flexibility index (Phi) is 4.97. The van der Waals surface area contributed by atoms with E-state index in [4.69, 9.17) is 9.47 Å². The quantitative estimate of drug-likeness (QED) is 0.790. The number of nitrogens with zero attached hydrogens (tertiary/aromatic N) is 1. The van der Waals surface area contributed by atoms with Crippen LogP contribution in [0.5, 0.6) is 0 Å². The van der Waals surface area contributed by atoms with E-state index in [2.05, 4.69) is 5.32 Å². The molecule has 2 rings (SSSR count). The number of rotatable bonds is 4. The van der Waals surface area contributed by atoms with Crippen LogP contribution in [0.2, 0.25) is 0 Å². The van der Waals surface area contributed by atoms with E-state index in [1.54, 1.807) is 0 Å². The monoisotopic (exact) mass is 256 g/mol. The van der Waals surface area contributed by atoms with Crippen LogP contribution in [-0.2, 0) is 14.3 Å². The Morgan fingerprint density at radius 3 is 2.67 bits per heavy atom. The lowest BCUT2D eigenvalue weighted by Gasteiger charge is -2.38. The molecule has 1 N–H and O–H groups in total. The van der Waals surface area contributed by atoms with Crippen molar-refractivity contribution in [1.29, 1.82) is 0 Å². The molecule has 104 valence electrons. The van der Waals surface area contributed by atoms with Gasteiger partial charge in [-0.25, -0.2) is 0 Å². The first-order valence-electron chi connectivity index (χ1n) is 6.89. The zero-order chi connectivity index (χ0) is 13.0. The van der Waals surface area contributed by atoms with E-state index in [9.17, 15) is 4.79 Å². The number of morpholine rings is 1. The highest BCUT2D eigenvalue weighted by Crippen LogP contribution is 2.13. The molecule has 2 aliphatic heterocycles. The molecule has 0 aromatic heterocycles. The first kappa shape index (κ1) is 13.8. The maximum atomic E-state index is 12.2. The molecule has 5 heteroatoms. The Hall–Kier alpha value is -0.650. The van der Waals surface area contributed by atoms with E-state index in [-0.39, 0.29) is 24.1 Å². The van der Waals surface area contributed by atoms with Gasteiger partial charge in [-0.15, -0.1) is 0 Å². The maximum Gasteiger partial charge on any atom is 0.237 e. The summed E-state index contributed by atoms with van der Waals surface area (Å²) in [6.07, 6.45) is 2.53. The summed E-state index contributed by atoms with van der Waals surface area (Å²) in [5.41, 5.74) is 0. The average molecular weight is 256 g/mol. The van der Waals surface area contributed by atoms with Crippen LogP contribution in [0.15, 0.2) is 0 Å². The van der Waals surface area contributed by atoms with E-state index in [1.165, 1.54) is 0 Å². The molecule has 2 aliphatic rings. The van der Waals surface area contributed by atoms with Crippen LogP contribution < -0.4 is 5.32 Å². The van der Waals surface area contributed by atoms with Crippen molar-refractivity contribution >= 4 is 5.91 Å². The van der Waals surface area contributed by atoms with Gasteiger partial charge >= 0.3 is 0 Å². The molecule has 2 fully saturated rings. The van der Waals surface area contributed by atoms with Gasteiger partial charge in [-0.05, 0) is 26.7 Å². The normalized spacial score (nSPS) is 32.8. The summed E-state index contributed by atoms with van der Waals surface area (Å²) in [5.74, 6) is 0.163. The number of carbonyl (C=O) groups excluding carboxylic acids is 1. The van der Waals surface area contributed by atoms with Crippen LogP contribution in [0.1, 0.15) is 26.7 Å². The molecular formula is C13H24N2O3. The molecule has 0 radical (unpaired) electrons. The van der Waals surface area contributed by atoms with Gasteiger partial charge in [-0.3, -0.25) is 4.79 Å². The van der Waals surface area contributed by atoms with Crippen LogP contribution in [0.25, 0.3) is 0 Å². The zero-order valence-corrected chi connectivity index (χ0v) is 11.4. The lowest BCUT2D eigenvalue weighted by molar-refractivity contribution is -0.143. The second-order valence-electron chi connectivity index (χ2n) is 5.30. The molecule has 0 aromatic rings. The number of hydrogen-bond acceptors (Lipinski definition) is 4. The Labute approximate surface area is 109 Å². The lowest BCUT2D eigenvalue weighted by Crippen LogP contribution is -2.55. The van der Waals surface area contributed by atoms with Crippen LogP contribution in [-0.4, -0.2) is 61.9 Å². The van der Waals surface area contributed by atoms with Crippen molar-refractivity contribution in [2.45, 2.75) is 44.9 Å². The number of carbonyl (C=O) groups is 1. The molecule has 18 heavy (non-hydrogen) atoms. The fraction of sp³-hybridized carbons (Fsp3) is 0.923. The highest BCUT2D eigenvalue weighted by Gasteiger charge is 2.29. The number of nitrogens with one attached hydrogen (secondary N) is 1. The third-order valence-electron chi connectivity index (χ3n) is 3.63. The first-order valence-corrected chi connectivity index (χ1v) is 6.89. The lowest BCUT2D eigenvalue weighted by atomic mass is 10.1. The summed E-state index contributed by atoms with van der Waals surface area (Å²) in [6, 6.07) is 0.344. The van der Waals surface area contributed by atoms with Crippen molar-refractivity contribution < 1.29 is 14.3 Å². The summed E-state index contributed by atoms with van der Waals surface area (Å²) < 4.78 is 10.9. The smallest absolute Gasteiger partial charge is 0.237 e. The van der Waals surface area contributed by atoms with Crippen LogP contribution in [0, 0.1) is 0 Å². The van der Waals surface area contributed by atoms with Gasteiger partial charge in [0.1, 0.15) is 0 Å². The Morgan fingerprint density at radius 1 is 1.33 bits per heavy atom. The maximum absolute atomic E-state index is 12.2. The molecule has 0 unspecified atom stereocenters. The molecule has 5 nitrogen and oxygen atoms in total. The molecule has 3 atom stereocenters. The third kappa shape index (κ3) is 3.43. The Morgan fingerprint density at radius 2 is 2.06 bits per heavy atom. The standard InChI is InChI=1S/C13H24N2O3/c1-10-8-17-9-11(2)15(10)13(16)7-14-6-12-4-3-5-18-12/h10-12,14H,3-9H2,1-2H3/t10-,11-,12-/m1/s1. The fourth-order valence-electron chi connectivity index (χ4n) is 2.73. The predicted octanol–water partition coefficient (Wildman–Crippen LogP) is 0.391. The van der Waals surface area contributed by atoms with Gasteiger partial charge in [-0.1, -0.05) is 0 Å². The fourth-order valence-corrected chi connectivity index (χ4v) is 2.73. The molecular weight excluding hydrogens is 232 g/mol. The summed E-state index contributed by atoms with van der Waals surface area (Å²) in [7, 11) is 0. The van der Waals surface area contributed by atoms with Crippen molar-refractivity contribution in [3.63, 3.8) is 0 Å². The highest BCUT2D eigenvalue weighted by molar-refractivity contribution is 5.79. The van der Waals surface area contributed by atoms with E-state index in [0.717, 1.165) is 26.0 Å². The van der Waals surface area contributed by atoms with E-state index in [1.807, 2.05) is 18.7 Å². The van der Waals surface area contributed by atoms with Crippen LogP contribution in [0.4, 0.5) is 0 Å². The minimum atomic E-state index is 0.163. The number of hydrogen-bond donors (Lipinski definition) is 1. The molecule has 2 saturated heterocycles. The SMILES string of the molecule is C[C@@H]1COC[C@@H](C)N1C(=O)CNC[C@H]1CCCO1. The summed E-state index contributed by atoms with van der Waals surface area (Å²) in [5, 5.41) is 3.21. The Bertz CT molecular complexity index is 269. The molecule has 0 saturated carbocycles. The topological polar surface area (TPSA) is 50.8 Å². The van der Waals surface area contributed by atoms with Crippen molar-refractivity contribution in [2.75, 3.05) is 32.9 Å². The highest BCUT2D eigenvalue weighted by atomic mass is 16.5. The molecule has 1 amide bonds. The van der Waals surface area contributed by atoms with E-state index in [0.29, 0.717) is 19.8 Å². The van der Waals surface area contributed by atoms with Gasteiger partial charge in [0, 0.05) is 13.2 Å². The predicted molar refractivity (Wildman–Crippen MR) is 68.4 cm³/mol. The number of ether oxygens (including phenoxy) is 2. The van der Waals surface area contributed by atoms with Gasteiger partial charge in [0.2, 0.25) is 5.91 Å². The summed E-state index contributed by atoms with van der Waals surface area (Å²) in [6.45, 7) is 7.39. The van der Waals surface area contributed by atoms with Crippen LogP contribution in [0.3, 0.4) is 0 Å². The van der Waals surface area contributed by atoms with Gasteiger partial charge in [0.25, 0.3) is 0 Å². The minimum absolute atomic E-state index is 0.163. The van der Waals surface area contributed by atoms with Gasteiger partial charge < -0.3 is 19.7 Å². The van der Waals surface area contributed by atoms with Crippen molar-refractivity contribution in [3.05, 3.63) is 0 Å². The van der Waals surface area contributed by atoms with Gasteiger partial charge in [0.15, 0.2) is 0 Å². The summed E-state index contributed by atoms with van der Waals surface area (Å²) >= 11 is 0. The Balaban J connectivity index is 1.72. The second-order valence-corrected chi connectivity index (χ2v) is 5.30. The van der Waals surface area contributed by atoms with Crippen molar-refractivity contribution in [1.82, 2.24) is 10.2 Å². The van der Waals surface area contributed by atoms with Gasteiger partial charge in [0.05, 0.1) is 37.9 Å². The minimum Gasteiger partial charge on any atom is -0.377 e. The first-order chi connectivity index (χ1) is 8.68. The second kappa shape index (κ2) is 6.50. The van der Waals surface area contributed by atoms with Crippen molar-refractivity contribution in [2.24, 2.45) is 0 Å². The number of amides is 1. The molecule has 0 aliphatic carbocycles. The van der Waals surface area contributed by atoms with Crippen LogP contribution >= 0.6 is 0 Å². The average Bonchev–Trinajstić information content (AvgIpc) is 2.82. The zero-order valence-electron chi connectivity index (χ0n) is 11.4. The van der Waals surface area contributed by atoms with E-state index < -0.39 is 0 Å². The molecule has 0 spiro atoms. The molecule has 0 bridgehead atoms. The third-order valence-corrected chi connectivity index (χ3v) is 3.63. The van der Waals surface area contributed by atoms with Gasteiger partial charge in [-0.2, -0.15) is 0 Å². The van der Waals surface area contributed by atoms with Crippen molar-refractivity contribution in [3.8, 4) is 0 Å². The largest absolute Gasteiger partial charge is 0.377 e. The molecule has 2 heterocycles. The van der Waals surface area contributed by atoms with E-state index >= 15 is 0 Å². The molecule has 0 aromatic carbocycles.